The highest BCUT2D eigenvalue weighted by atomic mass is 32.2. The smallest absolute Gasteiger partial charge is 0.264 e. The number of carbonyl (C=O) groups excluding carboxylic acids is 2. The highest BCUT2D eigenvalue weighted by molar-refractivity contribution is 7.92. The Morgan fingerprint density at radius 1 is 0.800 bits per heavy atom. The van der Waals surface area contributed by atoms with E-state index in [9.17, 15) is 22.4 Å². The summed E-state index contributed by atoms with van der Waals surface area (Å²) in [5.74, 6) is -1.18. The van der Waals surface area contributed by atoms with Crippen molar-refractivity contribution in [3.63, 3.8) is 0 Å². The molecule has 7 nitrogen and oxygen atoms in total. The predicted molar refractivity (Wildman–Crippen MR) is 176 cm³/mol. The lowest BCUT2D eigenvalue weighted by atomic mass is 10.0. The highest BCUT2D eigenvalue weighted by Crippen LogP contribution is 2.27. The maximum absolute atomic E-state index is 14.5. The summed E-state index contributed by atoms with van der Waals surface area (Å²) >= 11 is 0. The molecule has 2 amide bonds. The van der Waals surface area contributed by atoms with Gasteiger partial charge in [0.25, 0.3) is 10.0 Å². The van der Waals surface area contributed by atoms with Crippen molar-refractivity contribution in [3.05, 3.63) is 131 Å². The van der Waals surface area contributed by atoms with Crippen LogP contribution in [-0.4, -0.2) is 44.3 Å². The number of amides is 2. The molecule has 0 aromatic heterocycles. The van der Waals surface area contributed by atoms with E-state index in [4.69, 9.17) is 0 Å². The summed E-state index contributed by atoms with van der Waals surface area (Å²) in [6.45, 7) is 7.50. The molecule has 236 valence electrons. The Morgan fingerprint density at radius 2 is 1.38 bits per heavy atom. The van der Waals surface area contributed by atoms with Gasteiger partial charge >= 0.3 is 0 Å². The number of halogens is 1. The fraction of sp³-hybridized carbons (Fsp3) is 0.278. The molecule has 0 fully saturated rings. The molecule has 0 unspecified atom stereocenters. The Hall–Kier alpha value is -4.50. The molecule has 45 heavy (non-hydrogen) atoms. The highest BCUT2D eigenvalue weighted by Gasteiger charge is 2.34. The van der Waals surface area contributed by atoms with Crippen LogP contribution < -0.4 is 9.62 Å². The summed E-state index contributed by atoms with van der Waals surface area (Å²) < 4.78 is 43.2. The summed E-state index contributed by atoms with van der Waals surface area (Å²) in [5, 5.41) is 2.96. The number of anilines is 1. The Kier molecular flexibility index (Phi) is 11.1. The van der Waals surface area contributed by atoms with Crippen LogP contribution in [0.15, 0.2) is 108 Å². The molecule has 1 N–H and O–H groups in total. The van der Waals surface area contributed by atoms with Crippen LogP contribution in [0, 0.1) is 25.6 Å². The molecular weight excluding hydrogens is 589 g/mol. The summed E-state index contributed by atoms with van der Waals surface area (Å²) in [4.78, 5) is 29.7. The molecule has 0 aliphatic carbocycles. The van der Waals surface area contributed by atoms with Gasteiger partial charge in [-0.05, 0) is 78.4 Å². The van der Waals surface area contributed by atoms with Gasteiger partial charge in [0, 0.05) is 19.5 Å². The Balaban J connectivity index is 1.81. The number of sulfonamides is 1. The molecule has 0 bridgehead atoms. The van der Waals surface area contributed by atoms with Crippen molar-refractivity contribution >= 4 is 27.5 Å². The van der Waals surface area contributed by atoms with Crippen LogP contribution in [0.3, 0.4) is 0 Å². The van der Waals surface area contributed by atoms with E-state index >= 15 is 0 Å². The predicted octanol–water partition coefficient (Wildman–Crippen LogP) is 6.05. The van der Waals surface area contributed by atoms with Gasteiger partial charge in [-0.1, -0.05) is 80.6 Å². The molecule has 0 spiro atoms. The second-order valence-electron chi connectivity index (χ2n) is 11.7. The molecule has 0 saturated heterocycles. The lowest BCUT2D eigenvalue weighted by Crippen LogP contribution is -2.53. The third-order valence-corrected chi connectivity index (χ3v) is 9.11. The number of nitrogens with one attached hydrogen (secondary N) is 1. The number of hydrogen-bond acceptors (Lipinski definition) is 4. The van der Waals surface area contributed by atoms with Crippen molar-refractivity contribution in [2.45, 2.75) is 51.6 Å². The summed E-state index contributed by atoms with van der Waals surface area (Å²) in [6, 6.07) is 27.4. The van der Waals surface area contributed by atoms with Gasteiger partial charge in [-0.15, -0.1) is 0 Å². The molecule has 9 heteroatoms. The Morgan fingerprint density at radius 3 is 1.96 bits per heavy atom. The van der Waals surface area contributed by atoms with Crippen LogP contribution in [-0.2, 0) is 32.6 Å². The van der Waals surface area contributed by atoms with Gasteiger partial charge in [0.2, 0.25) is 11.8 Å². The second-order valence-corrected chi connectivity index (χ2v) is 13.5. The minimum absolute atomic E-state index is 0.0300. The monoisotopic (exact) mass is 629 g/mol. The summed E-state index contributed by atoms with van der Waals surface area (Å²) in [7, 11) is -4.19. The Labute approximate surface area is 265 Å². The van der Waals surface area contributed by atoms with Gasteiger partial charge in [-0.2, -0.15) is 0 Å². The first-order valence-corrected chi connectivity index (χ1v) is 16.4. The number of carbonyl (C=O) groups is 2. The van der Waals surface area contributed by atoms with E-state index in [0.717, 1.165) is 21.0 Å². The van der Waals surface area contributed by atoms with Gasteiger partial charge < -0.3 is 10.2 Å². The van der Waals surface area contributed by atoms with E-state index in [-0.39, 0.29) is 29.7 Å². The van der Waals surface area contributed by atoms with Crippen molar-refractivity contribution in [1.82, 2.24) is 10.2 Å². The second kappa shape index (κ2) is 15.0. The van der Waals surface area contributed by atoms with E-state index in [1.807, 2.05) is 64.1 Å². The van der Waals surface area contributed by atoms with Crippen LogP contribution in [0.4, 0.5) is 10.1 Å². The zero-order valence-corrected chi connectivity index (χ0v) is 26.9. The molecular formula is C36H40FN3O4S. The molecule has 1 atom stereocenters. The van der Waals surface area contributed by atoms with E-state index in [1.54, 1.807) is 42.5 Å². The lowest BCUT2D eigenvalue weighted by Gasteiger charge is -2.34. The van der Waals surface area contributed by atoms with Crippen molar-refractivity contribution in [1.29, 1.82) is 0 Å². The van der Waals surface area contributed by atoms with Gasteiger partial charge in [0.1, 0.15) is 18.4 Å². The Bertz CT molecular complexity index is 1680. The van der Waals surface area contributed by atoms with Crippen molar-refractivity contribution in [2.24, 2.45) is 5.92 Å². The van der Waals surface area contributed by atoms with Crippen LogP contribution in [0.5, 0.6) is 0 Å². The maximum Gasteiger partial charge on any atom is 0.264 e. The van der Waals surface area contributed by atoms with Gasteiger partial charge in [-0.25, -0.2) is 12.8 Å². The minimum atomic E-state index is -4.19. The first-order chi connectivity index (χ1) is 21.4. The molecule has 0 radical (unpaired) electrons. The molecule has 0 heterocycles. The number of nitrogens with zero attached hydrogens (tertiary/aromatic N) is 2. The van der Waals surface area contributed by atoms with E-state index in [0.29, 0.717) is 17.8 Å². The van der Waals surface area contributed by atoms with Crippen LogP contribution in [0.1, 0.15) is 36.1 Å². The summed E-state index contributed by atoms with van der Waals surface area (Å²) in [5.41, 5.74) is 3.45. The third kappa shape index (κ3) is 9.01. The lowest BCUT2D eigenvalue weighted by molar-refractivity contribution is -0.140. The standard InChI is InChI=1S/C36H40FN3O4S/c1-26(2)23-38-36(42)34(22-29-11-7-5-8-12-29)39(24-30-15-17-31(37)18-16-30)35(41)25-40(32-20-27(3)19-28(4)21-32)45(43,44)33-13-9-6-10-14-33/h5-21,26,34H,22-25H2,1-4H3,(H,38,42)/t34-/m0/s1. The van der Waals surface area contributed by atoms with Gasteiger partial charge in [-0.3, -0.25) is 13.9 Å². The molecule has 0 aliphatic rings. The van der Waals surface area contributed by atoms with Gasteiger partial charge in [0.05, 0.1) is 10.6 Å². The average Bonchev–Trinajstić information content (AvgIpc) is 3.01. The molecule has 0 aliphatic heterocycles. The van der Waals surface area contributed by atoms with E-state index in [1.165, 1.54) is 29.2 Å². The van der Waals surface area contributed by atoms with Crippen molar-refractivity contribution in [3.8, 4) is 0 Å². The maximum atomic E-state index is 14.5. The fourth-order valence-electron chi connectivity index (χ4n) is 5.11. The largest absolute Gasteiger partial charge is 0.354 e. The average molecular weight is 630 g/mol. The van der Waals surface area contributed by atoms with E-state index in [2.05, 4.69) is 5.32 Å². The molecule has 4 rings (SSSR count). The molecule has 0 saturated carbocycles. The van der Waals surface area contributed by atoms with Crippen molar-refractivity contribution in [2.75, 3.05) is 17.4 Å². The zero-order chi connectivity index (χ0) is 32.6. The fourth-order valence-corrected chi connectivity index (χ4v) is 6.52. The van der Waals surface area contributed by atoms with Crippen molar-refractivity contribution < 1.29 is 22.4 Å². The zero-order valence-electron chi connectivity index (χ0n) is 26.1. The first-order valence-electron chi connectivity index (χ1n) is 15.0. The normalized spacial score (nSPS) is 12.0. The van der Waals surface area contributed by atoms with Crippen LogP contribution >= 0.6 is 0 Å². The topological polar surface area (TPSA) is 86.8 Å². The van der Waals surface area contributed by atoms with Gasteiger partial charge in [0.15, 0.2) is 0 Å². The quantitative estimate of drug-likeness (QED) is 0.195. The summed E-state index contributed by atoms with van der Waals surface area (Å²) in [6.07, 6.45) is 0.201. The first kappa shape index (κ1) is 33.4. The third-order valence-electron chi connectivity index (χ3n) is 7.33. The minimum Gasteiger partial charge on any atom is -0.354 e. The number of rotatable bonds is 13. The number of aryl methyl sites for hydroxylation is 2. The van der Waals surface area contributed by atoms with Crippen LogP contribution in [0.25, 0.3) is 0 Å². The number of benzene rings is 4. The molecule has 4 aromatic rings. The molecule has 4 aromatic carbocycles. The van der Waals surface area contributed by atoms with Crippen LogP contribution in [0.2, 0.25) is 0 Å². The SMILES string of the molecule is Cc1cc(C)cc(N(CC(=O)N(Cc2ccc(F)cc2)[C@@H](Cc2ccccc2)C(=O)NCC(C)C)S(=O)(=O)c2ccccc2)c1. The number of hydrogen-bond donors (Lipinski definition) is 1. The van der Waals surface area contributed by atoms with E-state index < -0.39 is 34.3 Å².